The normalized spacial score (nSPS) is 20.5. The first-order valence-corrected chi connectivity index (χ1v) is 5.78. The summed E-state index contributed by atoms with van der Waals surface area (Å²) < 4.78 is 0. The molecule has 1 atom stereocenters. The SMILES string of the molecule is Cc1cccc(NCC2CCNC2)c1C. The van der Waals surface area contributed by atoms with Gasteiger partial charge in [-0.15, -0.1) is 0 Å². The molecule has 2 rings (SSSR count). The molecule has 0 amide bonds. The Morgan fingerprint density at radius 1 is 1.40 bits per heavy atom. The van der Waals surface area contributed by atoms with Crippen molar-refractivity contribution in [1.29, 1.82) is 0 Å². The van der Waals surface area contributed by atoms with Crippen LogP contribution in [0, 0.1) is 19.8 Å². The zero-order chi connectivity index (χ0) is 10.7. The Kier molecular flexibility index (Phi) is 3.27. The number of benzene rings is 1. The summed E-state index contributed by atoms with van der Waals surface area (Å²) >= 11 is 0. The van der Waals surface area contributed by atoms with Crippen LogP contribution in [0.2, 0.25) is 0 Å². The van der Waals surface area contributed by atoms with Gasteiger partial charge >= 0.3 is 0 Å². The number of rotatable bonds is 3. The van der Waals surface area contributed by atoms with Gasteiger partial charge in [0.05, 0.1) is 0 Å². The first-order valence-electron chi connectivity index (χ1n) is 5.78. The molecule has 1 aromatic carbocycles. The van der Waals surface area contributed by atoms with Crippen molar-refractivity contribution in [2.45, 2.75) is 20.3 Å². The molecule has 1 aliphatic rings. The van der Waals surface area contributed by atoms with Gasteiger partial charge in [-0.25, -0.2) is 0 Å². The maximum absolute atomic E-state index is 3.56. The van der Waals surface area contributed by atoms with Gasteiger partial charge in [-0.1, -0.05) is 12.1 Å². The highest BCUT2D eigenvalue weighted by Gasteiger charge is 2.13. The second kappa shape index (κ2) is 4.67. The lowest BCUT2D eigenvalue weighted by Crippen LogP contribution is -2.17. The first-order chi connectivity index (χ1) is 7.27. The fourth-order valence-corrected chi connectivity index (χ4v) is 2.09. The van der Waals surface area contributed by atoms with E-state index in [1.165, 1.54) is 29.8 Å². The molecule has 1 heterocycles. The van der Waals surface area contributed by atoms with Crippen molar-refractivity contribution in [2.75, 3.05) is 25.0 Å². The number of hydrogen-bond acceptors (Lipinski definition) is 2. The van der Waals surface area contributed by atoms with Crippen LogP contribution in [0.25, 0.3) is 0 Å². The van der Waals surface area contributed by atoms with E-state index in [1.807, 2.05) is 0 Å². The van der Waals surface area contributed by atoms with Crippen LogP contribution >= 0.6 is 0 Å². The summed E-state index contributed by atoms with van der Waals surface area (Å²) in [5, 5.41) is 6.95. The van der Waals surface area contributed by atoms with E-state index in [1.54, 1.807) is 0 Å². The topological polar surface area (TPSA) is 24.1 Å². The molecule has 0 saturated carbocycles. The average Bonchev–Trinajstić information content (AvgIpc) is 2.73. The van der Waals surface area contributed by atoms with Gasteiger partial charge in [0.25, 0.3) is 0 Å². The van der Waals surface area contributed by atoms with Gasteiger partial charge in [-0.05, 0) is 56.5 Å². The Labute approximate surface area is 92.1 Å². The van der Waals surface area contributed by atoms with Gasteiger partial charge in [0.15, 0.2) is 0 Å². The van der Waals surface area contributed by atoms with Crippen molar-refractivity contribution >= 4 is 5.69 Å². The number of hydrogen-bond donors (Lipinski definition) is 2. The van der Waals surface area contributed by atoms with Crippen molar-refractivity contribution in [3.63, 3.8) is 0 Å². The summed E-state index contributed by atoms with van der Waals surface area (Å²) in [5.74, 6) is 0.796. The Hall–Kier alpha value is -1.02. The molecule has 1 aromatic rings. The van der Waals surface area contributed by atoms with Gasteiger partial charge in [0.2, 0.25) is 0 Å². The van der Waals surface area contributed by atoms with Gasteiger partial charge < -0.3 is 10.6 Å². The minimum Gasteiger partial charge on any atom is -0.384 e. The van der Waals surface area contributed by atoms with Crippen molar-refractivity contribution in [2.24, 2.45) is 5.92 Å². The molecule has 2 N–H and O–H groups in total. The molecule has 15 heavy (non-hydrogen) atoms. The van der Waals surface area contributed by atoms with Crippen molar-refractivity contribution in [3.05, 3.63) is 29.3 Å². The van der Waals surface area contributed by atoms with Crippen molar-refractivity contribution in [1.82, 2.24) is 5.32 Å². The van der Waals surface area contributed by atoms with E-state index in [4.69, 9.17) is 0 Å². The molecule has 1 unspecified atom stereocenters. The predicted octanol–water partition coefficient (Wildman–Crippen LogP) is 2.32. The molecule has 0 aliphatic carbocycles. The molecule has 0 bridgehead atoms. The van der Waals surface area contributed by atoms with Crippen LogP contribution < -0.4 is 10.6 Å². The number of nitrogens with one attached hydrogen (secondary N) is 2. The van der Waals surface area contributed by atoms with Gasteiger partial charge in [-0.2, -0.15) is 0 Å². The smallest absolute Gasteiger partial charge is 0.0372 e. The maximum Gasteiger partial charge on any atom is 0.0372 e. The van der Waals surface area contributed by atoms with E-state index >= 15 is 0 Å². The molecular formula is C13H20N2. The van der Waals surface area contributed by atoms with Crippen molar-refractivity contribution < 1.29 is 0 Å². The van der Waals surface area contributed by atoms with E-state index in [9.17, 15) is 0 Å². The lowest BCUT2D eigenvalue weighted by Gasteiger charge is -2.14. The minimum absolute atomic E-state index is 0.796. The highest BCUT2D eigenvalue weighted by Crippen LogP contribution is 2.19. The fraction of sp³-hybridized carbons (Fsp3) is 0.538. The van der Waals surface area contributed by atoms with Crippen LogP contribution in [0.1, 0.15) is 17.5 Å². The van der Waals surface area contributed by atoms with Crippen LogP contribution in [-0.2, 0) is 0 Å². The van der Waals surface area contributed by atoms with E-state index in [-0.39, 0.29) is 0 Å². The van der Waals surface area contributed by atoms with Crippen LogP contribution in [-0.4, -0.2) is 19.6 Å². The third kappa shape index (κ3) is 2.51. The maximum atomic E-state index is 3.56. The average molecular weight is 204 g/mol. The summed E-state index contributed by atoms with van der Waals surface area (Å²) in [5.41, 5.74) is 4.04. The molecule has 0 spiro atoms. The summed E-state index contributed by atoms with van der Waals surface area (Å²) in [6, 6.07) is 6.46. The lowest BCUT2D eigenvalue weighted by atomic mass is 10.1. The summed E-state index contributed by atoms with van der Waals surface area (Å²) in [6.07, 6.45) is 1.30. The zero-order valence-electron chi connectivity index (χ0n) is 9.64. The molecule has 1 aliphatic heterocycles. The standard InChI is InChI=1S/C13H20N2/c1-10-4-3-5-13(11(10)2)15-9-12-6-7-14-8-12/h3-5,12,14-15H,6-9H2,1-2H3. The first kappa shape index (κ1) is 10.5. The minimum atomic E-state index is 0.796. The van der Waals surface area contributed by atoms with E-state index < -0.39 is 0 Å². The van der Waals surface area contributed by atoms with E-state index in [0.29, 0.717) is 0 Å². The molecule has 0 radical (unpaired) electrons. The van der Waals surface area contributed by atoms with Gasteiger partial charge in [0, 0.05) is 12.2 Å². The van der Waals surface area contributed by atoms with E-state index in [0.717, 1.165) is 19.0 Å². The zero-order valence-corrected chi connectivity index (χ0v) is 9.64. The van der Waals surface area contributed by atoms with Gasteiger partial charge in [0.1, 0.15) is 0 Å². The second-order valence-corrected chi connectivity index (χ2v) is 4.49. The number of aryl methyl sites for hydroxylation is 1. The molecule has 82 valence electrons. The Morgan fingerprint density at radius 3 is 3.00 bits per heavy atom. The Morgan fingerprint density at radius 2 is 2.27 bits per heavy atom. The molecule has 2 heteroatoms. The summed E-state index contributed by atoms with van der Waals surface area (Å²) in [4.78, 5) is 0. The predicted molar refractivity (Wildman–Crippen MR) is 65.4 cm³/mol. The molecule has 2 nitrogen and oxygen atoms in total. The van der Waals surface area contributed by atoms with Crippen LogP contribution in [0.3, 0.4) is 0 Å². The molecule has 1 saturated heterocycles. The largest absolute Gasteiger partial charge is 0.384 e. The quantitative estimate of drug-likeness (QED) is 0.789. The summed E-state index contributed by atoms with van der Waals surface area (Å²) in [6.45, 7) is 7.79. The number of anilines is 1. The lowest BCUT2D eigenvalue weighted by molar-refractivity contribution is 0.615. The highest BCUT2D eigenvalue weighted by atomic mass is 14.9. The second-order valence-electron chi connectivity index (χ2n) is 4.49. The van der Waals surface area contributed by atoms with Crippen LogP contribution in [0.15, 0.2) is 18.2 Å². The highest BCUT2D eigenvalue weighted by molar-refractivity contribution is 5.53. The molecular weight excluding hydrogens is 184 g/mol. The van der Waals surface area contributed by atoms with E-state index in [2.05, 4.69) is 42.7 Å². The summed E-state index contributed by atoms with van der Waals surface area (Å²) in [7, 11) is 0. The molecule has 1 fully saturated rings. The van der Waals surface area contributed by atoms with Gasteiger partial charge in [-0.3, -0.25) is 0 Å². The Balaban J connectivity index is 1.95. The molecule has 0 aromatic heterocycles. The third-order valence-electron chi connectivity index (χ3n) is 3.35. The fourth-order valence-electron chi connectivity index (χ4n) is 2.09. The Bertz CT molecular complexity index is 327. The van der Waals surface area contributed by atoms with Crippen LogP contribution in [0.4, 0.5) is 5.69 Å². The third-order valence-corrected chi connectivity index (χ3v) is 3.35. The van der Waals surface area contributed by atoms with Crippen LogP contribution in [0.5, 0.6) is 0 Å². The monoisotopic (exact) mass is 204 g/mol. The van der Waals surface area contributed by atoms with Crippen molar-refractivity contribution in [3.8, 4) is 0 Å².